The van der Waals surface area contributed by atoms with E-state index in [-0.39, 0.29) is 0 Å². The van der Waals surface area contributed by atoms with Gasteiger partial charge in [0, 0.05) is 0 Å². The largest absolute Gasteiger partial charge is 0.503 e. The van der Waals surface area contributed by atoms with E-state index in [1.54, 1.807) is 6.08 Å². The molecule has 0 aromatic rings. The highest BCUT2D eigenvalue weighted by atomic mass is 32.2. The summed E-state index contributed by atoms with van der Waals surface area (Å²) in [5, 5.41) is 13.9. The zero-order valence-electron chi connectivity index (χ0n) is 8.14. The molecule has 0 aromatic carbocycles. The number of hydrogen-bond acceptors (Lipinski definition) is 3. The van der Waals surface area contributed by atoms with Crippen LogP contribution < -0.4 is 0 Å². The molecule has 84 valence electrons. The number of carboxylic acid groups (broad SMARTS) is 2. The molecule has 0 aliphatic carbocycles. The summed E-state index contributed by atoms with van der Waals surface area (Å²) in [6.45, 7) is 5.25. The van der Waals surface area contributed by atoms with Crippen LogP contribution in [0.1, 0.15) is 19.8 Å². The van der Waals surface area contributed by atoms with Crippen LogP contribution in [0.4, 0.5) is 4.79 Å². The fourth-order valence-corrected chi connectivity index (χ4v) is 2.24. The first-order valence-corrected chi connectivity index (χ1v) is 5.87. The van der Waals surface area contributed by atoms with Crippen LogP contribution in [0.25, 0.3) is 0 Å². The quantitative estimate of drug-likeness (QED) is 0.610. The summed E-state index contributed by atoms with van der Waals surface area (Å²) >= 11 is 0. The monoisotopic (exact) mass is 224 g/mol. The Hall–Kier alpha value is -1.04. The van der Waals surface area contributed by atoms with E-state index in [1.165, 1.54) is 0 Å². The molecule has 0 saturated carbocycles. The molecule has 1 aliphatic rings. The third kappa shape index (κ3) is 17.2. The highest BCUT2D eigenvalue weighted by Gasteiger charge is 2.16. The Balaban J connectivity index is 0. The predicted octanol–water partition coefficient (Wildman–Crippen LogP) is 1.61. The molecule has 1 heterocycles. The Kier molecular flexibility index (Phi) is 9.43. The Morgan fingerprint density at radius 1 is 1.29 bits per heavy atom. The van der Waals surface area contributed by atoms with Gasteiger partial charge in [0.25, 0.3) is 0 Å². The van der Waals surface area contributed by atoms with Crippen LogP contribution in [0.3, 0.4) is 0 Å². The summed E-state index contributed by atoms with van der Waals surface area (Å²) in [5.74, 6) is 0.847. The molecule has 1 saturated heterocycles. The van der Waals surface area contributed by atoms with Crippen molar-refractivity contribution in [3.63, 3.8) is 0 Å². The van der Waals surface area contributed by atoms with Crippen LogP contribution in [0, 0.1) is 0 Å². The van der Waals surface area contributed by atoms with Crippen molar-refractivity contribution in [2.45, 2.75) is 19.8 Å². The Morgan fingerprint density at radius 3 is 1.57 bits per heavy atom. The van der Waals surface area contributed by atoms with Crippen molar-refractivity contribution >= 4 is 16.0 Å². The smallest absolute Gasteiger partial charge is 0.450 e. The minimum absolute atomic E-state index is 0.424. The zero-order valence-corrected chi connectivity index (χ0v) is 8.96. The lowest BCUT2D eigenvalue weighted by Crippen LogP contribution is -1.98. The fraction of sp³-hybridized carbons (Fsp3) is 0.625. The fourth-order valence-electron chi connectivity index (χ4n) is 0.746. The lowest BCUT2D eigenvalue weighted by Gasteiger charge is -1.81. The molecular formula is C8H16O5S. The highest BCUT2D eigenvalue weighted by Crippen LogP contribution is 2.08. The standard InChI is InChI=1S/C4H8O2S.C3H6.CH2O3/c5-7(6)3-1-2-4-7;1-3-2;2-1(3)4/h1-4H2;3H,1H2,2H3;(H2,2,3,4). The molecule has 0 unspecified atom stereocenters. The van der Waals surface area contributed by atoms with Gasteiger partial charge in [-0.15, -0.1) is 6.58 Å². The van der Waals surface area contributed by atoms with E-state index in [0.29, 0.717) is 11.5 Å². The summed E-state index contributed by atoms with van der Waals surface area (Å²) in [5.41, 5.74) is 0. The first kappa shape index (κ1) is 15.4. The van der Waals surface area contributed by atoms with Crippen molar-refractivity contribution in [1.82, 2.24) is 0 Å². The summed E-state index contributed by atoms with van der Waals surface area (Å²) in [6.07, 6.45) is 1.67. The van der Waals surface area contributed by atoms with Crippen molar-refractivity contribution in [3.05, 3.63) is 12.7 Å². The Bertz CT molecular complexity index is 239. The molecular weight excluding hydrogens is 208 g/mol. The third-order valence-electron chi connectivity index (χ3n) is 1.16. The minimum Gasteiger partial charge on any atom is -0.450 e. The average molecular weight is 224 g/mol. The maximum atomic E-state index is 10.4. The molecule has 1 aliphatic heterocycles. The van der Waals surface area contributed by atoms with E-state index < -0.39 is 16.0 Å². The van der Waals surface area contributed by atoms with E-state index in [9.17, 15) is 8.42 Å². The maximum Gasteiger partial charge on any atom is 0.503 e. The summed E-state index contributed by atoms with van der Waals surface area (Å²) in [4.78, 5) is 8.56. The van der Waals surface area contributed by atoms with Crippen molar-refractivity contribution < 1.29 is 23.4 Å². The van der Waals surface area contributed by atoms with Gasteiger partial charge >= 0.3 is 6.16 Å². The van der Waals surface area contributed by atoms with Crippen LogP contribution in [0.15, 0.2) is 12.7 Å². The molecule has 0 radical (unpaired) electrons. The van der Waals surface area contributed by atoms with Gasteiger partial charge in [-0.3, -0.25) is 0 Å². The van der Waals surface area contributed by atoms with Crippen LogP contribution in [0.5, 0.6) is 0 Å². The van der Waals surface area contributed by atoms with Gasteiger partial charge in [0.15, 0.2) is 0 Å². The molecule has 6 heteroatoms. The minimum atomic E-state index is -2.55. The average Bonchev–Trinajstić information content (AvgIpc) is 2.34. The van der Waals surface area contributed by atoms with Crippen LogP contribution in [0.2, 0.25) is 0 Å². The van der Waals surface area contributed by atoms with Gasteiger partial charge in [-0.25, -0.2) is 13.2 Å². The van der Waals surface area contributed by atoms with Crippen molar-refractivity contribution in [1.29, 1.82) is 0 Å². The number of carbonyl (C=O) groups is 1. The second kappa shape index (κ2) is 8.55. The molecule has 0 atom stereocenters. The van der Waals surface area contributed by atoms with Crippen LogP contribution in [-0.4, -0.2) is 36.3 Å². The van der Waals surface area contributed by atoms with Crippen molar-refractivity contribution in [3.8, 4) is 0 Å². The highest BCUT2D eigenvalue weighted by molar-refractivity contribution is 7.91. The van der Waals surface area contributed by atoms with Gasteiger partial charge in [0.1, 0.15) is 9.84 Å². The first-order chi connectivity index (χ1) is 6.35. The van der Waals surface area contributed by atoms with Crippen LogP contribution >= 0.6 is 0 Å². The van der Waals surface area contributed by atoms with Crippen molar-refractivity contribution in [2.24, 2.45) is 0 Å². The lowest BCUT2D eigenvalue weighted by atomic mass is 10.4. The summed E-state index contributed by atoms with van der Waals surface area (Å²) < 4.78 is 20.9. The number of allylic oxidation sites excluding steroid dienone is 1. The summed E-state index contributed by atoms with van der Waals surface area (Å²) in [6, 6.07) is 0. The van der Waals surface area contributed by atoms with Gasteiger partial charge < -0.3 is 10.2 Å². The molecule has 1 rings (SSSR count). The van der Waals surface area contributed by atoms with E-state index >= 15 is 0 Å². The lowest BCUT2D eigenvalue weighted by molar-refractivity contribution is 0.137. The number of hydrogen-bond donors (Lipinski definition) is 2. The molecule has 0 amide bonds. The van der Waals surface area contributed by atoms with Gasteiger partial charge in [-0.2, -0.15) is 0 Å². The molecule has 1 fully saturated rings. The normalized spacial score (nSPS) is 16.6. The van der Waals surface area contributed by atoms with Gasteiger partial charge in [0.05, 0.1) is 11.5 Å². The first-order valence-electron chi connectivity index (χ1n) is 4.05. The molecule has 14 heavy (non-hydrogen) atoms. The van der Waals surface area contributed by atoms with Gasteiger partial charge in [0.2, 0.25) is 0 Å². The second-order valence-corrected chi connectivity index (χ2v) is 4.85. The van der Waals surface area contributed by atoms with Crippen molar-refractivity contribution in [2.75, 3.05) is 11.5 Å². The van der Waals surface area contributed by atoms with E-state index in [2.05, 4.69) is 6.58 Å². The molecule has 2 N–H and O–H groups in total. The van der Waals surface area contributed by atoms with Crippen LogP contribution in [-0.2, 0) is 9.84 Å². The third-order valence-corrected chi connectivity index (χ3v) is 2.98. The van der Waals surface area contributed by atoms with E-state index in [4.69, 9.17) is 15.0 Å². The predicted molar refractivity (Wildman–Crippen MR) is 54.4 cm³/mol. The van der Waals surface area contributed by atoms with Gasteiger partial charge in [-0.05, 0) is 19.8 Å². The Labute approximate surface area is 84.0 Å². The molecule has 5 nitrogen and oxygen atoms in total. The number of sulfone groups is 1. The van der Waals surface area contributed by atoms with Gasteiger partial charge in [-0.1, -0.05) is 6.08 Å². The summed E-state index contributed by atoms with van der Waals surface area (Å²) in [7, 11) is -2.55. The zero-order chi connectivity index (χ0) is 11.6. The van der Waals surface area contributed by atoms with E-state index in [1.807, 2.05) is 6.92 Å². The molecule has 0 bridgehead atoms. The second-order valence-electron chi connectivity index (χ2n) is 2.55. The molecule has 0 spiro atoms. The number of rotatable bonds is 0. The molecule has 0 aromatic heterocycles. The van der Waals surface area contributed by atoms with E-state index in [0.717, 1.165) is 12.8 Å². The SMILES string of the molecule is C=CC.O=C(O)O.O=S1(=O)CCCC1. The topological polar surface area (TPSA) is 91.7 Å². The maximum absolute atomic E-state index is 10.4. The Morgan fingerprint density at radius 2 is 1.50 bits per heavy atom.